The molecule has 6 rings (SSSR count). The molecule has 16 heteroatoms. The van der Waals surface area contributed by atoms with Crippen LogP contribution in [0, 0.1) is 16.2 Å². The molecule has 2 aliphatic carbocycles. The van der Waals surface area contributed by atoms with E-state index in [1.54, 1.807) is 38.5 Å². The number of alkyl halides is 8. The lowest BCUT2D eigenvalue weighted by Gasteiger charge is -2.29. The molecule has 634 valence electrons. The number of sulfone groups is 1. The van der Waals surface area contributed by atoms with Crippen LogP contribution in [-0.4, -0.2) is 96.4 Å². The van der Waals surface area contributed by atoms with Crippen LogP contribution in [0.25, 0.3) is 11.1 Å². The number of ketones is 1. The monoisotopic (exact) mass is 1540 g/mol. The van der Waals surface area contributed by atoms with Gasteiger partial charge in [-0.3, -0.25) is 13.0 Å². The Balaban J connectivity index is -0.0000000242. The van der Waals surface area contributed by atoms with E-state index in [1.165, 1.54) is 92.7 Å². The van der Waals surface area contributed by atoms with Gasteiger partial charge in [-0.15, -0.1) is 0 Å². The molecule has 1 saturated carbocycles. The van der Waals surface area contributed by atoms with Gasteiger partial charge in [0.25, 0.3) is 0 Å². The average molecular weight is 1540 g/mol. The first-order valence-electron chi connectivity index (χ1n) is 26.8. The van der Waals surface area contributed by atoms with Crippen LogP contribution in [-0.2, 0) is 41.0 Å². The normalized spacial score (nSPS) is 10.4. The van der Waals surface area contributed by atoms with Gasteiger partial charge in [-0.1, -0.05) is 366 Å². The van der Waals surface area contributed by atoms with Gasteiger partial charge in [0.1, 0.15) is 15.6 Å². The Hall–Kier alpha value is -3.60. The van der Waals surface area contributed by atoms with Gasteiger partial charge in [0.15, 0.2) is 5.41 Å². The third-order valence-corrected chi connectivity index (χ3v) is 10.1. The van der Waals surface area contributed by atoms with Gasteiger partial charge in [0.05, 0.1) is 13.9 Å². The van der Waals surface area contributed by atoms with Crippen molar-refractivity contribution in [2.45, 2.75) is 328 Å². The Bertz CT molecular complexity index is 2090. The van der Waals surface area contributed by atoms with Crippen molar-refractivity contribution in [3.05, 3.63) is 131 Å². The minimum atomic E-state index is -5.24. The highest BCUT2D eigenvalue weighted by atomic mass is 32.2. The van der Waals surface area contributed by atoms with E-state index in [-0.39, 0.29) is 186 Å². The van der Waals surface area contributed by atoms with Crippen molar-refractivity contribution in [2.24, 2.45) is 16.2 Å². The lowest BCUT2D eigenvalue weighted by Crippen LogP contribution is -2.44. The van der Waals surface area contributed by atoms with E-state index in [2.05, 4.69) is 197 Å². The van der Waals surface area contributed by atoms with Crippen molar-refractivity contribution in [3.63, 3.8) is 0 Å². The van der Waals surface area contributed by atoms with Crippen molar-refractivity contribution in [1.82, 2.24) is 0 Å². The van der Waals surface area contributed by atoms with Gasteiger partial charge in [-0.25, -0.2) is 8.42 Å². The van der Waals surface area contributed by atoms with Gasteiger partial charge in [-0.05, 0) is 104 Å². The first kappa shape index (κ1) is 183. The second-order valence-corrected chi connectivity index (χ2v) is 27.6. The standard InChI is InChI=1S/C15H14.C15H16.C8H16.C5H6F6.C5H12.C3H6O.C3H8.C2H5F.C2H6O2S.C2H6OS.C2H6O.C2H6S.CH3F.20CH4/c1-15(2)13-9-5-3-7-11(13)12-8-4-6-10-14(12)15;1-15(2,13-9-5-3-6-10-13)14-11-7-4-8-12-14;1-8(2)6-4-3-5-7-8;1-3(2,4(6,7)8)5(9,10)11;1-5(2,3)4;1-3(2)4;1-3-2;1-2-3;1-5(2,3)4;1-4(2)3;2*1-3-2;1-2;;;;;;;;;;;;;;;;;;;;/h3-10H,1-2H3;3-12H,1-2H3;3-7H2,1-2H3;1-2H3;1-4H3;1-2H3;3H2,1-2H3;2H2,1H3;1-2H3;1-2H3;2*1-2H3;1H3;20*1H4. The second-order valence-electron chi connectivity index (χ2n) is 23.0. The van der Waals surface area contributed by atoms with E-state index in [1.807, 2.05) is 12.5 Å². The van der Waals surface area contributed by atoms with E-state index in [9.17, 15) is 52.5 Å². The Morgan fingerprint density at radius 1 is 0.485 bits per heavy atom. The summed E-state index contributed by atoms with van der Waals surface area (Å²) in [5, 5.41) is 0. The Kier molecular flexibility index (Phi) is 174. The molecule has 0 aromatic heterocycles. The summed E-state index contributed by atoms with van der Waals surface area (Å²) in [4.78, 5) is 9.44. The molecule has 5 nitrogen and oxygen atoms in total. The predicted molar refractivity (Wildman–Crippen MR) is 476 cm³/mol. The summed E-state index contributed by atoms with van der Waals surface area (Å²) in [6, 6.07) is 38.7. The number of carbonyl (C=O) groups excluding carboxylic acids is 1. The number of hydrogen-bond donors (Lipinski definition) is 0. The molecule has 0 aliphatic heterocycles. The highest BCUT2D eigenvalue weighted by Crippen LogP contribution is 2.50. The number of Topliss-reactive ketones (excluding diaryl/α,β-unsaturated/α-hetero) is 1. The fraction of sp³-hybridized carbons (Fsp3) is 0.706. The van der Waals surface area contributed by atoms with Gasteiger partial charge < -0.3 is 9.53 Å². The van der Waals surface area contributed by atoms with Crippen LogP contribution in [0.4, 0.5) is 35.1 Å². The van der Waals surface area contributed by atoms with Crippen molar-refractivity contribution in [1.29, 1.82) is 0 Å². The van der Waals surface area contributed by atoms with E-state index < -0.39 is 38.4 Å². The molecular weight excluding hydrogens is 1350 g/mol. The highest BCUT2D eigenvalue weighted by Gasteiger charge is 2.64. The van der Waals surface area contributed by atoms with Crippen LogP contribution < -0.4 is 0 Å². The molecule has 0 N–H and O–H groups in total. The number of fused-ring (bicyclic) bond motifs is 3. The topological polar surface area (TPSA) is 77.5 Å². The molecule has 0 saturated heterocycles. The van der Waals surface area contributed by atoms with Gasteiger partial charge in [0.2, 0.25) is 0 Å². The van der Waals surface area contributed by atoms with Gasteiger partial charge >= 0.3 is 12.4 Å². The molecule has 101 heavy (non-hydrogen) atoms. The summed E-state index contributed by atoms with van der Waals surface area (Å²) in [5.41, 5.74) is 6.22. The van der Waals surface area contributed by atoms with Crippen LogP contribution >= 0.6 is 11.8 Å². The Morgan fingerprint density at radius 2 is 0.644 bits per heavy atom. The minimum Gasteiger partial charge on any atom is -0.388 e. The fourth-order valence-corrected chi connectivity index (χ4v) is 6.22. The molecule has 0 heterocycles. The molecule has 1 fully saturated rings. The first-order chi connectivity index (χ1) is 36.7. The van der Waals surface area contributed by atoms with Gasteiger partial charge in [-0.2, -0.15) is 38.1 Å². The van der Waals surface area contributed by atoms with Crippen LogP contribution in [0.15, 0.2) is 109 Å². The fourth-order valence-electron chi connectivity index (χ4n) is 6.22. The number of halogens is 8. The lowest BCUT2D eigenvalue weighted by molar-refractivity contribution is -0.327. The summed E-state index contributed by atoms with van der Waals surface area (Å²) >= 11 is 1.75. The van der Waals surface area contributed by atoms with E-state index in [0.717, 1.165) is 12.5 Å². The zero-order valence-corrected chi connectivity index (χ0v) is 57.1. The summed E-state index contributed by atoms with van der Waals surface area (Å²) < 4.78 is 123. The predicted octanol–water partition coefficient (Wildman–Crippen LogP) is 33.4. The Labute approximate surface area is 644 Å². The Morgan fingerprint density at radius 3 is 0.782 bits per heavy atom. The zero-order valence-electron chi connectivity index (χ0n) is 54.6. The quantitative estimate of drug-likeness (QED) is 0.186. The molecular formula is C85H190F8O5S3. The summed E-state index contributed by atoms with van der Waals surface area (Å²) in [6.07, 6.45) is 7.75. The second kappa shape index (κ2) is 96.4. The molecule has 4 aromatic rings. The molecule has 0 atom stereocenters. The average Bonchev–Trinajstić information content (AvgIpc) is 3.77. The number of methoxy groups -OCH3 is 1. The molecule has 2 aliphatic rings. The lowest BCUT2D eigenvalue weighted by atomic mass is 9.78. The van der Waals surface area contributed by atoms with Crippen LogP contribution in [0.2, 0.25) is 0 Å². The van der Waals surface area contributed by atoms with E-state index >= 15 is 0 Å². The molecule has 0 radical (unpaired) electrons. The van der Waals surface area contributed by atoms with E-state index in [0.29, 0.717) is 18.0 Å². The number of rotatable bonds is 2. The number of hydrogen-bond acceptors (Lipinski definition) is 6. The highest BCUT2D eigenvalue weighted by molar-refractivity contribution is 7.97. The molecule has 0 amide bonds. The summed E-state index contributed by atoms with van der Waals surface area (Å²) in [6.45, 7) is 31.4. The van der Waals surface area contributed by atoms with Gasteiger partial charge in [0, 0.05) is 60.9 Å². The number of ether oxygens (including phenoxy) is 1. The first-order valence-corrected chi connectivity index (χ1v) is 32.7. The maximum atomic E-state index is 11.6. The van der Waals surface area contributed by atoms with Crippen molar-refractivity contribution >= 4 is 38.2 Å². The minimum absolute atomic E-state index is 0. The van der Waals surface area contributed by atoms with Crippen molar-refractivity contribution in [3.8, 4) is 11.1 Å². The maximum absolute atomic E-state index is 11.6. The third kappa shape index (κ3) is 105. The van der Waals surface area contributed by atoms with Crippen LogP contribution in [0.1, 0.15) is 327 Å². The zero-order chi connectivity index (χ0) is 65.7. The molecule has 0 bridgehead atoms. The summed E-state index contributed by atoms with van der Waals surface area (Å²) in [5.74, 6) is 0.167. The smallest absolute Gasteiger partial charge is 0.388 e. The SMILES string of the molecule is C.C.C.C.C.C.C.C.C.C.C.C.C.C.C.C.C.C.C.C.CC(C)(C(F)(F)F)C(F)(F)F.CC(C)(C)C.CC(C)(c1ccccc1)c1ccccc1.CC(C)=O.CC1(C)CCCCC1.CC1(C)c2ccccc2-c2ccccc21.CCC.CCF.CF.COC.CS(C)(=O)=O.CS(C)=O.CSC. The van der Waals surface area contributed by atoms with Crippen LogP contribution in [0.3, 0.4) is 0 Å². The number of carbonyl (C=O) groups is 1. The maximum Gasteiger partial charge on any atom is 0.402 e. The van der Waals surface area contributed by atoms with Crippen LogP contribution in [0.5, 0.6) is 0 Å². The molecule has 0 spiro atoms. The molecule has 0 unspecified atom stereocenters. The molecule has 4 aromatic carbocycles. The van der Waals surface area contributed by atoms with Crippen molar-refractivity contribution in [2.75, 3.05) is 65.6 Å². The van der Waals surface area contributed by atoms with Crippen molar-refractivity contribution < 1.29 is 57.3 Å². The number of thioether (sulfide) groups is 1. The van der Waals surface area contributed by atoms with E-state index in [4.69, 9.17) is 0 Å². The largest absolute Gasteiger partial charge is 0.402 e. The number of benzene rings is 4. The summed E-state index contributed by atoms with van der Waals surface area (Å²) in [7, 11) is 0.472. The third-order valence-electron chi connectivity index (χ3n) is 10.1.